The summed E-state index contributed by atoms with van der Waals surface area (Å²) in [5.41, 5.74) is 2.57. The molecule has 0 unspecified atom stereocenters. The molecule has 2 aromatic carbocycles. The lowest BCUT2D eigenvalue weighted by molar-refractivity contribution is -0.122. The maximum atomic E-state index is 13.2. The van der Waals surface area contributed by atoms with Gasteiger partial charge in [-0.25, -0.2) is 4.39 Å². The first-order valence-electron chi connectivity index (χ1n) is 11.5. The van der Waals surface area contributed by atoms with Gasteiger partial charge in [-0.15, -0.1) is 0 Å². The Hall–Kier alpha value is -3.39. The average molecular weight is 468 g/mol. The molecule has 7 nitrogen and oxygen atoms in total. The van der Waals surface area contributed by atoms with E-state index in [1.165, 1.54) is 12.1 Å². The third kappa shape index (κ3) is 5.94. The molecular weight excluding hydrogens is 437 g/mol. The Kier molecular flexibility index (Phi) is 7.80. The molecule has 0 aliphatic carbocycles. The normalized spacial score (nSPS) is 17.9. The number of nitrogens with one attached hydrogen (secondary N) is 2. The molecule has 1 aromatic heterocycles. The molecule has 2 atom stereocenters. The molecule has 34 heavy (non-hydrogen) atoms. The van der Waals surface area contributed by atoms with Crippen molar-refractivity contribution in [2.75, 3.05) is 27.3 Å². The van der Waals surface area contributed by atoms with E-state index in [4.69, 9.17) is 14.0 Å². The number of carbonyl (C=O) groups is 1. The smallest absolute Gasteiger partial charge is 0.220 e. The molecule has 0 bridgehead atoms. The fourth-order valence-electron chi connectivity index (χ4n) is 4.41. The molecule has 1 aliphatic rings. The third-order valence-electron chi connectivity index (χ3n) is 6.31. The molecule has 1 fully saturated rings. The van der Waals surface area contributed by atoms with Crippen molar-refractivity contribution in [1.29, 1.82) is 0 Å². The number of ether oxygens (including phenoxy) is 2. The Labute approximate surface area is 198 Å². The minimum atomic E-state index is -0.288. The van der Waals surface area contributed by atoms with Gasteiger partial charge in [0.25, 0.3) is 0 Å². The molecule has 180 valence electrons. The SMILES string of the molecule is COc1ccc(CNC(=O)C[C@H]2CCNC[C@@H]2Cc2cc(-c3ccc(F)cc3)on2)cc1OC. The second-order valence-electron chi connectivity index (χ2n) is 8.58. The maximum Gasteiger partial charge on any atom is 0.220 e. The highest BCUT2D eigenvalue weighted by atomic mass is 19.1. The molecule has 8 heteroatoms. The van der Waals surface area contributed by atoms with E-state index in [0.29, 0.717) is 36.6 Å². The van der Waals surface area contributed by atoms with Gasteiger partial charge in [0.1, 0.15) is 5.82 Å². The van der Waals surface area contributed by atoms with Crippen LogP contribution in [0.4, 0.5) is 4.39 Å². The standard InChI is InChI=1S/C26H30FN3O4/c1-32-23-8-3-17(11-25(23)33-2)15-29-26(31)13-19-9-10-28-16-20(19)12-22-14-24(34-30-22)18-4-6-21(27)7-5-18/h3-8,11,14,19-20,28H,9-10,12-13,15-16H2,1-2H3,(H,29,31)/t19-,20+/m1/s1. The van der Waals surface area contributed by atoms with Crippen LogP contribution in [0.2, 0.25) is 0 Å². The summed E-state index contributed by atoms with van der Waals surface area (Å²) in [5, 5.41) is 10.7. The van der Waals surface area contributed by atoms with E-state index in [1.807, 2.05) is 24.3 Å². The van der Waals surface area contributed by atoms with Crippen molar-refractivity contribution in [3.05, 3.63) is 65.6 Å². The van der Waals surface area contributed by atoms with Crippen LogP contribution in [0.3, 0.4) is 0 Å². The molecule has 2 N–H and O–H groups in total. The van der Waals surface area contributed by atoms with Crippen molar-refractivity contribution >= 4 is 5.91 Å². The van der Waals surface area contributed by atoms with Gasteiger partial charge in [0, 0.05) is 24.6 Å². The predicted octanol–water partition coefficient (Wildman–Crippen LogP) is 3.97. The molecule has 1 amide bonds. The van der Waals surface area contributed by atoms with Gasteiger partial charge in [0.2, 0.25) is 5.91 Å². The van der Waals surface area contributed by atoms with Crippen molar-refractivity contribution in [1.82, 2.24) is 15.8 Å². The van der Waals surface area contributed by atoms with Crippen LogP contribution < -0.4 is 20.1 Å². The second-order valence-corrected chi connectivity index (χ2v) is 8.58. The minimum absolute atomic E-state index is 0.0267. The summed E-state index contributed by atoms with van der Waals surface area (Å²) in [6.07, 6.45) is 2.10. The van der Waals surface area contributed by atoms with E-state index in [1.54, 1.807) is 26.4 Å². The van der Waals surface area contributed by atoms with Gasteiger partial charge in [-0.1, -0.05) is 11.2 Å². The van der Waals surface area contributed by atoms with Crippen molar-refractivity contribution in [2.24, 2.45) is 11.8 Å². The summed E-state index contributed by atoms with van der Waals surface area (Å²) >= 11 is 0. The highest BCUT2D eigenvalue weighted by Gasteiger charge is 2.28. The number of halogens is 1. The molecule has 2 heterocycles. The van der Waals surface area contributed by atoms with Gasteiger partial charge in [0.05, 0.1) is 19.9 Å². The fraction of sp³-hybridized carbons (Fsp3) is 0.385. The zero-order valence-electron chi connectivity index (χ0n) is 19.5. The first-order valence-corrected chi connectivity index (χ1v) is 11.5. The summed E-state index contributed by atoms with van der Waals surface area (Å²) in [5.74, 6) is 2.17. The van der Waals surface area contributed by atoms with Gasteiger partial charge < -0.3 is 24.6 Å². The number of piperidine rings is 1. The lowest BCUT2D eigenvalue weighted by Crippen LogP contribution is -2.40. The van der Waals surface area contributed by atoms with Gasteiger partial charge >= 0.3 is 0 Å². The maximum absolute atomic E-state index is 13.2. The van der Waals surface area contributed by atoms with E-state index in [-0.39, 0.29) is 23.6 Å². The van der Waals surface area contributed by atoms with Crippen LogP contribution in [-0.2, 0) is 17.8 Å². The predicted molar refractivity (Wildman–Crippen MR) is 126 cm³/mol. The van der Waals surface area contributed by atoms with Gasteiger partial charge in [0.15, 0.2) is 17.3 Å². The largest absolute Gasteiger partial charge is 0.493 e. The van der Waals surface area contributed by atoms with E-state index in [2.05, 4.69) is 15.8 Å². The molecular formula is C26H30FN3O4. The van der Waals surface area contributed by atoms with Crippen molar-refractivity contribution in [3.63, 3.8) is 0 Å². The number of carbonyl (C=O) groups excluding carboxylic acids is 1. The monoisotopic (exact) mass is 467 g/mol. The number of benzene rings is 2. The highest BCUT2D eigenvalue weighted by molar-refractivity contribution is 5.76. The molecule has 1 aliphatic heterocycles. The highest BCUT2D eigenvalue weighted by Crippen LogP contribution is 2.29. The number of amides is 1. The summed E-state index contributed by atoms with van der Waals surface area (Å²) < 4.78 is 29.3. The van der Waals surface area contributed by atoms with Crippen LogP contribution in [0.5, 0.6) is 11.5 Å². The summed E-state index contributed by atoms with van der Waals surface area (Å²) in [6.45, 7) is 2.15. The van der Waals surface area contributed by atoms with E-state index < -0.39 is 0 Å². The van der Waals surface area contributed by atoms with E-state index in [0.717, 1.165) is 36.3 Å². The van der Waals surface area contributed by atoms with E-state index in [9.17, 15) is 9.18 Å². The number of hydrogen-bond donors (Lipinski definition) is 2. The van der Waals surface area contributed by atoms with Crippen LogP contribution in [0.25, 0.3) is 11.3 Å². The molecule has 1 saturated heterocycles. The quantitative estimate of drug-likeness (QED) is 0.495. The molecule has 3 aromatic rings. The van der Waals surface area contributed by atoms with Crippen LogP contribution in [-0.4, -0.2) is 38.4 Å². The molecule has 0 radical (unpaired) electrons. The summed E-state index contributed by atoms with van der Waals surface area (Å²) in [4.78, 5) is 12.7. The molecule has 4 rings (SSSR count). The van der Waals surface area contributed by atoms with Crippen molar-refractivity contribution in [3.8, 4) is 22.8 Å². The number of nitrogens with zero attached hydrogens (tertiary/aromatic N) is 1. The Morgan fingerprint density at radius 2 is 1.91 bits per heavy atom. The van der Waals surface area contributed by atoms with Crippen molar-refractivity contribution in [2.45, 2.75) is 25.8 Å². The summed E-state index contributed by atoms with van der Waals surface area (Å²) in [7, 11) is 3.19. The summed E-state index contributed by atoms with van der Waals surface area (Å²) in [6, 6.07) is 13.7. The van der Waals surface area contributed by atoms with Crippen molar-refractivity contribution < 1.29 is 23.2 Å². The Bertz CT molecular complexity index is 1100. The fourth-order valence-corrected chi connectivity index (χ4v) is 4.41. The topological polar surface area (TPSA) is 85.6 Å². The van der Waals surface area contributed by atoms with Crippen LogP contribution in [0.1, 0.15) is 24.1 Å². The second kappa shape index (κ2) is 11.2. The minimum Gasteiger partial charge on any atom is -0.493 e. The van der Waals surface area contributed by atoms with Gasteiger partial charge in [-0.05, 0) is 79.7 Å². The zero-order chi connectivity index (χ0) is 23.9. The first-order chi connectivity index (χ1) is 16.6. The molecule has 0 spiro atoms. The Balaban J connectivity index is 1.33. The molecule has 0 saturated carbocycles. The first kappa shape index (κ1) is 23.8. The Morgan fingerprint density at radius 3 is 2.68 bits per heavy atom. The average Bonchev–Trinajstić information content (AvgIpc) is 3.32. The van der Waals surface area contributed by atoms with E-state index >= 15 is 0 Å². The van der Waals surface area contributed by atoms with Crippen LogP contribution in [0, 0.1) is 17.7 Å². The number of methoxy groups -OCH3 is 2. The van der Waals surface area contributed by atoms with Crippen LogP contribution >= 0.6 is 0 Å². The van der Waals surface area contributed by atoms with Gasteiger partial charge in [-0.2, -0.15) is 0 Å². The third-order valence-corrected chi connectivity index (χ3v) is 6.31. The van der Waals surface area contributed by atoms with Crippen LogP contribution in [0.15, 0.2) is 53.1 Å². The Morgan fingerprint density at radius 1 is 1.12 bits per heavy atom. The van der Waals surface area contributed by atoms with Gasteiger partial charge in [-0.3, -0.25) is 4.79 Å². The number of hydrogen-bond acceptors (Lipinski definition) is 6. The lowest BCUT2D eigenvalue weighted by atomic mass is 9.81. The number of aromatic nitrogens is 1. The lowest BCUT2D eigenvalue weighted by Gasteiger charge is -2.31. The number of rotatable bonds is 9. The zero-order valence-corrected chi connectivity index (χ0v) is 19.5.